The van der Waals surface area contributed by atoms with Crippen LogP contribution in [0.2, 0.25) is 0 Å². The van der Waals surface area contributed by atoms with Crippen molar-refractivity contribution < 1.29 is 13.6 Å². The fourth-order valence-corrected chi connectivity index (χ4v) is 1.77. The minimum atomic E-state index is -2.46. The molecule has 1 aromatic rings. The Bertz CT molecular complexity index is 421. The number of hydrogen-bond donors (Lipinski definition) is 1. The van der Waals surface area contributed by atoms with E-state index in [1.807, 2.05) is 20.8 Å². The van der Waals surface area contributed by atoms with E-state index < -0.39 is 11.2 Å². The van der Waals surface area contributed by atoms with Crippen LogP contribution in [0.1, 0.15) is 27.2 Å². The zero-order valence-corrected chi connectivity index (χ0v) is 11.5. The van der Waals surface area contributed by atoms with E-state index in [1.165, 1.54) is 0 Å². The molecule has 0 bridgehead atoms. The molecule has 18 heavy (non-hydrogen) atoms. The van der Waals surface area contributed by atoms with E-state index in [4.69, 9.17) is 0 Å². The zero-order chi connectivity index (χ0) is 13.8. The predicted molar refractivity (Wildman–Crippen MR) is 71.0 cm³/mol. The third-order valence-electron chi connectivity index (χ3n) is 2.82. The Morgan fingerprint density at radius 1 is 1.44 bits per heavy atom. The number of carbonyl (C=O) groups is 1. The fraction of sp³-hybridized carbons (Fsp3) is 0.462. The summed E-state index contributed by atoms with van der Waals surface area (Å²) in [5, 5.41) is 2.75. The first-order chi connectivity index (χ1) is 8.35. The minimum Gasteiger partial charge on any atom is -0.326 e. The van der Waals surface area contributed by atoms with Gasteiger partial charge in [0.15, 0.2) is 0 Å². The molecule has 100 valence electrons. The van der Waals surface area contributed by atoms with E-state index in [0.29, 0.717) is 28.8 Å². The van der Waals surface area contributed by atoms with Gasteiger partial charge in [0.2, 0.25) is 5.91 Å². The van der Waals surface area contributed by atoms with Crippen molar-refractivity contribution in [2.75, 3.05) is 5.32 Å². The molecule has 0 radical (unpaired) electrons. The Morgan fingerprint density at radius 2 is 2.11 bits per heavy atom. The van der Waals surface area contributed by atoms with Crippen LogP contribution in [-0.4, -0.2) is 11.7 Å². The van der Waals surface area contributed by atoms with Crippen molar-refractivity contribution in [3.8, 4) is 0 Å². The summed E-state index contributed by atoms with van der Waals surface area (Å²) < 4.78 is 24.5. The molecule has 0 aliphatic heterocycles. The van der Waals surface area contributed by atoms with Gasteiger partial charge in [-0.3, -0.25) is 4.79 Å². The molecular formula is C13H17F2NOS. The summed E-state index contributed by atoms with van der Waals surface area (Å²) in [6.45, 7) is 5.63. The average Bonchev–Trinajstić information content (AvgIpc) is 2.28. The summed E-state index contributed by atoms with van der Waals surface area (Å²) in [6.07, 6.45) is 0.713. The fourth-order valence-electron chi connectivity index (χ4n) is 1.21. The molecule has 0 heterocycles. The molecule has 0 aromatic heterocycles. The van der Waals surface area contributed by atoms with Crippen LogP contribution in [0, 0.1) is 5.41 Å². The lowest BCUT2D eigenvalue weighted by atomic mass is 9.89. The van der Waals surface area contributed by atoms with Crippen molar-refractivity contribution in [3.63, 3.8) is 0 Å². The van der Waals surface area contributed by atoms with Crippen LogP contribution >= 0.6 is 11.8 Å². The third kappa shape index (κ3) is 4.29. The van der Waals surface area contributed by atoms with Gasteiger partial charge in [-0.1, -0.05) is 38.6 Å². The molecule has 2 nitrogen and oxygen atoms in total. The van der Waals surface area contributed by atoms with Crippen LogP contribution in [0.15, 0.2) is 29.2 Å². The first-order valence-electron chi connectivity index (χ1n) is 5.71. The monoisotopic (exact) mass is 273 g/mol. The van der Waals surface area contributed by atoms with E-state index >= 15 is 0 Å². The van der Waals surface area contributed by atoms with Crippen molar-refractivity contribution in [1.29, 1.82) is 0 Å². The van der Waals surface area contributed by atoms with E-state index in [1.54, 1.807) is 24.3 Å². The third-order valence-corrected chi connectivity index (χ3v) is 3.52. The molecule has 0 aliphatic carbocycles. The number of thioether (sulfide) groups is 1. The molecule has 0 spiro atoms. The number of benzene rings is 1. The summed E-state index contributed by atoms with van der Waals surface area (Å²) in [5.74, 6) is -2.56. The van der Waals surface area contributed by atoms with Gasteiger partial charge in [-0.05, 0) is 24.6 Å². The molecule has 1 rings (SSSR count). The van der Waals surface area contributed by atoms with E-state index in [-0.39, 0.29) is 5.91 Å². The molecule has 0 saturated heterocycles. The topological polar surface area (TPSA) is 29.1 Å². The van der Waals surface area contributed by atoms with Crippen LogP contribution < -0.4 is 5.32 Å². The largest absolute Gasteiger partial charge is 0.326 e. The van der Waals surface area contributed by atoms with Crippen LogP contribution in [0.4, 0.5) is 14.5 Å². The summed E-state index contributed by atoms with van der Waals surface area (Å²) >= 11 is 0.468. The Kier molecular flexibility index (Phi) is 5.14. The number of rotatable bonds is 5. The number of amides is 1. The second kappa shape index (κ2) is 6.18. The Balaban J connectivity index is 2.76. The van der Waals surface area contributed by atoms with Crippen molar-refractivity contribution in [2.45, 2.75) is 37.8 Å². The SMILES string of the molecule is CCC(C)(C)C(=O)Nc1cccc(SC(F)F)c1. The van der Waals surface area contributed by atoms with Gasteiger partial charge in [-0.25, -0.2) is 0 Å². The van der Waals surface area contributed by atoms with Gasteiger partial charge >= 0.3 is 0 Å². The zero-order valence-electron chi connectivity index (χ0n) is 10.7. The molecule has 0 aliphatic rings. The normalized spacial score (nSPS) is 11.7. The Hall–Kier alpha value is -1.10. The summed E-state index contributed by atoms with van der Waals surface area (Å²) in [4.78, 5) is 12.4. The van der Waals surface area contributed by atoms with Crippen molar-refractivity contribution in [3.05, 3.63) is 24.3 Å². The van der Waals surface area contributed by atoms with E-state index in [2.05, 4.69) is 5.32 Å². The van der Waals surface area contributed by atoms with Crippen molar-refractivity contribution in [2.24, 2.45) is 5.41 Å². The summed E-state index contributed by atoms with van der Waals surface area (Å²) in [7, 11) is 0. The number of anilines is 1. The number of halogens is 2. The molecule has 0 saturated carbocycles. The molecular weight excluding hydrogens is 256 g/mol. The minimum absolute atomic E-state index is 0.107. The lowest BCUT2D eigenvalue weighted by molar-refractivity contribution is -0.124. The van der Waals surface area contributed by atoms with Gasteiger partial charge in [0.1, 0.15) is 0 Å². The maximum absolute atomic E-state index is 12.2. The van der Waals surface area contributed by atoms with Crippen molar-refractivity contribution >= 4 is 23.4 Å². The first-order valence-corrected chi connectivity index (χ1v) is 6.59. The summed E-state index contributed by atoms with van der Waals surface area (Å²) in [6, 6.07) is 6.50. The average molecular weight is 273 g/mol. The highest BCUT2D eigenvalue weighted by Crippen LogP contribution is 2.28. The molecule has 0 unspecified atom stereocenters. The molecule has 1 aromatic carbocycles. The highest BCUT2D eigenvalue weighted by atomic mass is 32.2. The molecule has 5 heteroatoms. The quantitative estimate of drug-likeness (QED) is 0.807. The van der Waals surface area contributed by atoms with Crippen molar-refractivity contribution in [1.82, 2.24) is 0 Å². The number of hydrogen-bond acceptors (Lipinski definition) is 2. The maximum Gasteiger partial charge on any atom is 0.288 e. The van der Waals surface area contributed by atoms with Gasteiger partial charge in [0, 0.05) is 16.0 Å². The highest BCUT2D eigenvalue weighted by molar-refractivity contribution is 7.99. The number of carbonyl (C=O) groups excluding carboxylic acids is 1. The molecule has 0 fully saturated rings. The second-order valence-corrected chi connectivity index (χ2v) is 5.66. The standard InChI is InChI=1S/C13H17F2NOS/c1-4-13(2,3)11(17)16-9-6-5-7-10(8-9)18-12(14)15/h5-8,12H,4H2,1-3H3,(H,16,17). The van der Waals surface area contributed by atoms with E-state index in [0.717, 1.165) is 0 Å². The van der Waals surface area contributed by atoms with Crippen LogP contribution in [0.25, 0.3) is 0 Å². The number of alkyl halides is 2. The van der Waals surface area contributed by atoms with Crippen LogP contribution in [-0.2, 0) is 4.79 Å². The maximum atomic E-state index is 12.2. The summed E-state index contributed by atoms with van der Waals surface area (Å²) in [5.41, 5.74) is 0.0819. The van der Waals surface area contributed by atoms with Crippen LogP contribution in [0.3, 0.4) is 0 Å². The lowest BCUT2D eigenvalue weighted by Crippen LogP contribution is -2.29. The van der Waals surface area contributed by atoms with Gasteiger partial charge in [-0.15, -0.1) is 0 Å². The molecule has 1 amide bonds. The first kappa shape index (κ1) is 15.0. The molecule has 0 atom stereocenters. The smallest absolute Gasteiger partial charge is 0.288 e. The second-order valence-electron chi connectivity index (χ2n) is 4.60. The Labute approximate surface area is 110 Å². The van der Waals surface area contributed by atoms with Crippen LogP contribution in [0.5, 0.6) is 0 Å². The van der Waals surface area contributed by atoms with E-state index in [9.17, 15) is 13.6 Å². The van der Waals surface area contributed by atoms with Gasteiger partial charge in [-0.2, -0.15) is 8.78 Å². The number of nitrogens with one attached hydrogen (secondary N) is 1. The lowest BCUT2D eigenvalue weighted by Gasteiger charge is -2.21. The highest BCUT2D eigenvalue weighted by Gasteiger charge is 2.25. The Morgan fingerprint density at radius 3 is 2.67 bits per heavy atom. The molecule has 1 N–H and O–H groups in total. The van der Waals surface area contributed by atoms with Gasteiger partial charge in [0.05, 0.1) is 0 Å². The predicted octanol–water partition coefficient (Wildman–Crippen LogP) is 4.38. The van der Waals surface area contributed by atoms with Gasteiger partial charge < -0.3 is 5.32 Å². The van der Waals surface area contributed by atoms with Gasteiger partial charge in [0.25, 0.3) is 5.76 Å².